The third-order valence-electron chi connectivity index (χ3n) is 4.60. The number of piperidine rings is 1. The first-order valence-electron chi connectivity index (χ1n) is 7.63. The number of hydrogen-bond acceptors (Lipinski definition) is 4. The highest BCUT2D eigenvalue weighted by Crippen LogP contribution is 2.30. The van der Waals surface area contributed by atoms with Crippen molar-refractivity contribution in [2.75, 3.05) is 33.8 Å². The number of likely N-dealkylation sites (N-methyl/N-ethyl adjacent to an activating group) is 1. The number of pyridine rings is 1. The van der Waals surface area contributed by atoms with Gasteiger partial charge in [0.1, 0.15) is 0 Å². The van der Waals surface area contributed by atoms with Gasteiger partial charge in [0.15, 0.2) is 0 Å². The molecule has 1 aromatic heterocycles. The Kier molecular flexibility index (Phi) is 4.34. The lowest BCUT2D eigenvalue weighted by Crippen LogP contribution is -2.59. The lowest BCUT2D eigenvalue weighted by molar-refractivity contribution is -0.107. The Hall–Kier alpha value is -0.970. The Morgan fingerprint density at radius 3 is 3.05 bits per heavy atom. The van der Waals surface area contributed by atoms with Gasteiger partial charge in [-0.25, -0.2) is 0 Å². The lowest BCUT2D eigenvalue weighted by Gasteiger charge is -2.48. The van der Waals surface area contributed by atoms with Gasteiger partial charge >= 0.3 is 0 Å². The van der Waals surface area contributed by atoms with Gasteiger partial charge in [0.05, 0.1) is 6.10 Å². The molecule has 0 radical (unpaired) electrons. The van der Waals surface area contributed by atoms with Crippen molar-refractivity contribution < 1.29 is 4.74 Å². The first-order valence-corrected chi connectivity index (χ1v) is 7.63. The maximum atomic E-state index is 6.07. The zero-order valence-corrected chi connectivity index (χ0v) is 12.5. The van der Waals surface area contributed by atoms with Gasteiger partial charge in [-0.2, -0.15) is 0 Å². The van der Waals surface area contributed by atoms with Crippen LogP contribution in [0.1, 0.15) is 18.4 Å². The summed E-state index contributed by atoms with van der Waals surface area (Å²) in [5.41, 5.74) is 1.31. The largest absolute Gasteiger partial charge is 0.376 e. The van der Waals surface area contributed by atoms with Gasteiger partial charge in [0.2, 0.25) is 0 Å². The SMILES string of the molecule is CN(C)[C@@H]1CN(Cc2cccnc2)C[C@@H]2CCCO[C@@H]21. The van der Waals surface area contributed by atoms with Crippen LogP contribution in [0.3, 0.4) is 0 Å². The lowest BCUT2D eigenvalue weighted by atomic mass is 9.85. The number of nitrogens with zero attached hydrogens (tertiary/aromatic N) is 3. The van der Waals surface area contributed by atoms with E-state index in [1.54, 1.807) is 0 Å². The summed E-state index contributed by atoms with van der Waals surface area (Å²) in [6, 6.07) is 4.70. The fourth-order valence-corrected chi connectivity index (χ4v) is 3.60. The normalized spacial score (nSPS) is 31.2. The molecule has 0 aromatic carbocycles. The number of likely N-dealkylation sites (tertiary alicyclic amines) is 1. The molecule has 4 heteroatoms. The van der Waals surface area contributed by atoms with E-state index < -0.39 is 0 Å². The highest BCUT2D eigenvalue weighted by molar-refractivity contribution is 5.09. The van der Waals surface area contributed by atoms with E-state index in [0.29, 0.717) is 18.1 Å². The van der Waals surface area contributed by atoms with E-state index in [0.717, 1.165) is 26.2 Å². The number of hydrogen-bond donors (Lipinski definition) is 0. The first kappa shape index (κ1) is 14.0. The summed E-state index contributed by atoms with van der Waals surface area (Å²) >= 11 is 0. The van der Waals surface area contributed by atoms with E-state index in [4.69, 9.17) is 4.74 Å². The first-order chi connectivity index (χ1) is 9.74. The van der Waals surface area contributed by atoms with E-state index in [-0.39, 0.29) is 0 Å². The van der Waals surface area contributed by atoms with Crippen molar-refractivity contribution in [1.82, 2.24) is 14.8 Å². The summed E-state index contributed by atoms with van der Waals surface area (Å²) in [5.74, 6) is 0.682. The van der Waals surface area contributed by atoms with Crippen molar-refractivity contribution in [3.63, 3.8) is 0 Å². The third kappa shape index (κ3) is 3.03. The minimum absolute atomic E-state index is 0.420. The average Bonchev–Trinajstić information content (AvgIpc) is 2.47. The standard InChI is InChI=1S/C16H25N3O/c1-18(2)15-12-19(10-13-5-3-7-17-9-13)11-14-6-4-8-20-16(14)15/h3,5,7,9,14-16H,4,6,8,10-12H2,1-2H3/t14-,15+,16-/m0/s1. The van der Waals surface area contributed by atoms with Crippen LogP contribution in [-0.4, -0.2) is 60.7 Å². The second-order valence-corrected chi connectivity index (χ2v) is 6.32. The average molecular weight is 275 g/mol. The number of fused-ring (bicyclic) bond motifs is 1. The van der Waals surface area contributed by atoms with E-state index >= 15 is 0 Å². The summed E-state index contributed by atoms with van der Waals surface area (Å²) in [5, 5.41) is 0. The summed E-state index contributed by atoms with van der Waals surface area (Å²) in [6.07, 6.45) is 6.76. The maximum absolute atomic E-state index is 6.07. The molecule has 2 aliphatic heterocycles. The van der Waals surface area contributed by atoms with Gasteiger partial charge < -0.3 is 9.64 Å². The Balaban J connectivity index is 1.70. The van der Waals surface area contributed by atoms with Gasteiger partial charge in [0.25, 0.3) is 0 Å². The van der Waals surface area contributed by atoms with Gasteiger partial charge in [-0.15, -0.1) is 0 Å². The molecule has 2 aliphatic rings. The van der Waals surface area contributed by atoms with Gasteiger partial charge in [-0.3, -0.25) is 9.88 Å². The van der Waals surface area contributed by atoms with E-state index in [1.807, 2.05) is 18.5 Å². The Labute approximate surface area is 121 Å². The predicted molar refractivity (Wildman–Crippen MR) is 79.5 cm³/mol. The molecular weight excluding hydrogens is 250 g/mol. The minimum atomic E-state index is 0.420. The van der Waals surface area contributed by atoms with Crippen molar-refractivity contribution in [1.29, 1.82) is 0 Å². The van der Waals surface area contributed by atoms with E-state index in [1.165, 1.54) is 18.4 Å². The molecule has 0 spiro atoms. The van der Waals surface area contributed by atoms with Crippen LogP contribution in [0.15, 0.2) is 24.5 Å². The van der Waals surface area contributed by atoms with Crippen LogP contribution in [0.2, 0.25) is 0 Å². The minimum Gasteiger partial charge on any atom is -0.376 e. The van der Waals surface area contributed by atoms with Gasteiger partial charge in [-0.1, -0.05) is 6.07 Å². The molecule has 4 nitrogen and oxygen atoms in total. The Morgan fingerprint density at radius 2 is 2.30 bits per heavy atom. The van der Waals surface area contributed by atoms with Crippen LogP contribution in [0, 0.1) is 5.92 Å². The molecule has 0 amide bonds. The number of aromatic nitrogens is 1. The maximum Gasteiger partial charge on any atom is 0.0782 e. The van der Waals surface area contributed by atoms with Crippen molar-refractivity contribution in [2.45, 2.75) is 31.5 Å². The molecule has 1 aromatic rings. The Bertz CT molecular complexity index is 423. The van der Waals surface area contributed by atoms with Crippen molar-refractivity contribution in [3.05, 3.63) is 30.1 Å². The molecule has 0 aliphatic carbocycles. The van der Waals surface area contributed by atoms with Crippen LogP contribution in [0.4, 0.5) is 0 Å². The topological polar surface area (TPSA) is 28.6 Å². The molecule has 2 fully saturated rings. The fraction of sp³-hybridized carbons (Fsp3) is 0.688. The van der Waals surface area contributed by atoms with E-state index in [9.17, 15) is 0 Å². The predicted octanol–water partition coefficient (Wildman–Crippen LogP) is 1.62. The molecule has 3 rings (SSSR count). The van der Waals surface area contributed by atoms with Crippen molar-refractivity contribution in [2.24, 2.45) is 5.92 Å². The Morgan fingerprint density at radius 1 is 1.40 bits per heavy atom. The highest BCUT2D eigenvalue weighted by atomic mass is 16.5. The summed E-state index contributed by atoms with van der Waals surface area (Å²) in [6.45, 7) is 4.18. The monoisotopic (exact) mass is 275 g/mol. The summed E-state index contributed by atoms with van der Waals surface area (Å²) in [4.78, 5) is 9.12. The fourth-order valence-electron chi connectivity index (χ4n) is 3.60. The quantitative estimate of drug-likeness (QED) is 0.838. The highest BCUT2D eigenvalue weighted by Gasteiger charge is 2.40. The van der Waals surface area contributed by atoms with Crippen LogP contribution in [0.25, 0.3) is 0 Å². The zero-order valence-electron chi connectivity index (χ0n) is 12.5. The zero-order chi connectivity index (χ0) is 13.9. The van der Waals surface area contributed by atoms with Crippen molar-refractivity contribution >= 4 is 0 Å². The second-order valence-electron chi connectivity index (χ2n) is 6.32. The van der Waals surface area contributed by atoms with Crippen LogP contribution in [0.5, 0.6) is 0 Å². The van der Waals surface area contributed by atoms with Crippen LogP contribution < -0.4 is 0 Å². The molecule has 0 saturated carbocycles. The summed E-state index contributed by atoms with van der Waals surface area (Å²) in [7, 11) is 4.35. The van der Waals surface area contributed by atoms with Crippen LogP contribution >= 0.6 is 0 Å². The molecule has 2 saturated heterocycles. The molecule has 0 unspecified atom stereocenters. The van der Waals surface area contributed by atoms with Gasteiger partial charge in [0, 0.05) is 44.7 Å². The van der Waals surface area contributed by atoms with Crippen LogP contribution in [-0.2, 0) is 11.3 Å². The molecule has 0 N–H and O–H groups in total. The molecule has 110 valence electrons. The van der Waals surface area contributed by atoms with E-state index in [2.05, 4.69) is 34.9 Å². The molecule has 3 atom stereocenters. The van der Waals surface area contributed by atoms with Gasteiger partial charge in [-0.05, 0) is 44.5 Å². The molecule has 20 heavy (non-hydrogen) atoms. The summed E-state index contributed by atoms with van der Waals surface area (Å²) < 4.78 is 6.07. The molecule has 0 bridgehead atoms. The molecular formula is C16H25N3O. The third-order valence-corrected chi connectivity index (χ3v) is 4.60. The number of ether oxygens (including phenoxy) is 1. The van der Waals surface area contributed by atoms with Crippen molar-refractivity contribution in [3.8, 4) is 0 Å². The molecule has 3 heterocycles. The second kappa shape index (κ2) is 6.20. The smallest absolute Gasteiger partial charge is 0.0782 e. The number of rotatable bonds is 3.